The second-order valence-corrected chi connectivity index (χ2v) is 6.91. The average Bonchev–Trinajstić information content (AvgIpc) is 3.34. The number of carbonyl (C=O) groups excluding carboxylic acids is 2. The molecule has 33 heavy (non-hydrogen) atoms. The molecular weight excluding hydrogens is 422 g/mol. The molecule has 0 fully saturated rings. The van der Waals surface area contributed by atoms with Gasteiger partial charge in [-0.15, -0.1) is 10.2 Å². The highest BCUT2D eigenvalue weighted by Gasteiger charge is 2.16. The van der Waals surface area contributed by atoms with E-state index in [0.29, 0.717) is 28.5 Å². The number of para-hydroxylation sites is 1. The van der Waals surface area contributed by atoms with Crippen LogP contribution in [-0.4, -0.2) is 35.3 Å². The van der Waals surface area contributed by atoms with Gasteiger partial charge < -0.3 is 19.2 Å². The molecule has 0 saturated carbocycles. The molecule has 4 aromatic rings. The summed E-state index contributed by atoms with van der Waals surface area (Å²) in [6.07, 6.45) is 0. The number of hydrogen-bond acceptors (Lipinski definition) is 7. The molecule has 1 aromatic heterocycles. The number of aromatic nitrogens is 2. The molecule has 0 aliphatic heterocycles. The third-order valence-corrected chi connectivity index (χ3v) is 4.58. The van der Waals surface area contributed by atoms with Crippen LogP contribution in [0.15, 0.2) is 83.3 Å². The maximum atomic E-state index is 12.4. The Bertz CT molecular complexity index is 1250. The third-order valence-electron chi connectivity index (χ3n) is 4.58. The topological polar surface area (TPSA) is 104 Å². The Morgan fingerprint density at radius 2 is 1.67 bits per heavy atom. The van der Waals surface area contributed by atoms with Crippen LogP contribution in [0, 0.1) is 0 Å². The van der Waals surface area contributed by atoms with Crippen LogP contribution in [0.5, 0.6) is 5.75 Å². The average molecular weight is 443 g/mol. The largest absolute Gasteiger partial charge is 0.483 e. The van der Waals surface area contributed by atoms with E-state index in [1.54, 1.807) is 49.4 Å². The number of nitrogens with zero attached hydrogens (tertiary/aromatic N) is 2. The minimum atomic E-state index is -0.451. The van der Waals surface area contributed by atoms with E-state index in [1.807, 2.05) is 36.4 Å². The van der Waals surface area contributed by atoms with E-state index >= 15 is 0 Å². The van der Waals surface area contributed by atoms with Gasteiger partial charge in [-0.3, -0.25) is 4.79 Å². The van der Waals surface area contributed by atoms with Gasteiger partial charge >= 0.3 is 5.97 Å². The highest BCUT2D eigenvalue weighted by Crippen LogP contribution is 2.30. The zero-order valence-electron chi connectivity index (χ0n) is 17.9. The van der Waals surface area contributed by atoms with Crippen LogP contribution in [0.25, 0.3) is 22.9 Å². The Hall–Kier alpha value is -4.46. The van der Waals surface area contributed by atoms with Crippen molar-refractivity contribution >= 4 is 17.6 Å². The summed E-state index contributed by atoms with van der Waals surface area (Å²) in [6.45, 7) is 1.76. The molecule has 0 atom stereocenters. The summed E-state index contributed by atoms with van der Waals surface area (Å²) in [5.41, 5.74) is 2.20. The van der Waals surface area contributed by atoms with Crippen molar-refractivity contribution in [3.63, 3.8) is 0 Å². The lowest BCUT2D eigenvalue weighted by molar-refractivity contribution is -0.118. The van der Waals surface area contributed by atoms with Crippen LogP contribution in [0.2, 0.25) is 0 Å². The maximum absolute atomic E-state index is 12.4. The Kier molecular flexibility index (Phi) is 6.75. The Balaban J connectivity index is 1.43. The number of esters is 1. The molecule has 8 nitrogen and oxygen atoms in total. The number of rotatable bonds is 8. The molecule has 166 valence electrons. The smallest absolute Gasteiger partial charge is 0.338 e. The van der Waals surface area contributed by atoms with E-state index < -0.39 is 5.97 Å². The highest BCUT2D eigenvalue weighted by molar-refractivity contribution is 5.95. The van der Waals surface area contributed by atoms with E-state index in [-0.39, 0.29) is 25.0 Å². The number of anilines is 1. The van der Waals surface area contributed by atoms with Gasteiger partial charge in [0.25, 0.3) is 11.8 Å². The first kappa shape index (κ1) is 21.8. The minimum absolute atomic E-state index is 0.250. The van der Waals surface area contributed by atoms with Crippen molar-refractivity contribution in [2.45, 2.75) is 6.92 Å². The van der Waals surface area contributed by atoms with Crippen LogP contribution in [-0.2, 0) is 9.53 Å². The molecule has 4 rings (SSSR count). The second kappa shape index (κ2) is 10.2. The summed E-state index contributed by atoms with van der Waals surface area (Å²) in [4.78, 5) is 24.3. The summed E-state index contributed by atoms with van der Waals surface area (Å²) in [5, 5.41) is 10.9. The summed E-state index contributed by atoms with van der Waals surface area (Å²) in [5.74, 6) is 0.261. The van der Waals surface area contributed by atoms with Gasteiger partial charge in [0.05, 0.1) is 17.7 Å². The van der Waals surface area contributed by atoms with Gasteiger partial charge in [-0.05, 0) is 49.4 Å². The number of ether oxygens (including phenoxy) is 2. The van der Waals surface area contributed by atoms with Crippen molar-refractivity contribution in [2.75, 3.05) is 18.5 Å². The van der Waals surface area contributed by atoms with Gasteiger partial charge in [0.15, 0.2) is 6.61 Å². The molecule has 3 aromatic carbocycles. The molecule has 8 heteroatoms. The SMILES string of the molecule is CCOC(=O)c1cccc(NC(=O)COc2ccccc2-c2nnc(-c3ccccc3)o2)c1. The van der Waals surface area contributed by atoms with Gasteiger partial charge in [-0.2, -0.15) is 0 Å². The van der Waals surface area contributed by atoms with Gasteiger partial charge in [-0.25, -0.2) is 4.79 Å². The number of benzene rings is 3. The number of hydrogen-bond donors (Lipinski definition) is 1. The lowest BCUT2D eigenvalue weighted by Gasteiger charge is -2.10. The fourth-order valence-electron chi connectivity index (χ4n) is 3.08. The fourth-order valence-corrected chi connectivity index (χ4v) is 3.08. The number of amides is 1. The van der Waals surface area contributed by atoms with Crippen molar-refractivity contribution in [1.29, 1.82) is 0 Å². The molecule has 0 saturated heterocycles. The van der Waals surface area contributed by atoms with Crippen LogP contribution in [0.4, 0.5) is 5.69 Å². The molecule has 1 heterocycles. The van der Waals surface area contributed by atoms with E-state index in [0.717, 1.165) is 5.56 Å². The zero-order chi connectivity index (χ0) is 23.0. The Labute approximate surface area is 190 Å². The molecule has 0 radical (unpaired) electrons. The maximum Gasteiger partial charge on any atom is 0.338 e. The summed E-state index contributed by atoms with van der Waals surface area (Å²) >= 11 is 0. The predicted octanol–water partition coefficient (Wildman–Crippen LogP) is 4.60. The second-order valence-electron chi connectivity index (χ2n) is 6.91. The normalized spacial score (nSPS) is 10.5. The van der Waals surface area contributed by atoms with Crippen molar-refractivity contribution < 1.29 is 23.5 Å². The van der Waals surface area contributed by atoms with E-state index in [9.17, 15) is 9.59 Å². The molecule has 1 N–H and O–H groups in total. The van der Waals surface area contributed by atoms with Crippen LogP contribution < -0.4 is 10.1 Å². The lowest BCUT2D eigenvalue weighted by atomic mass is 10.2. The highest BCUT2D eigenvalue weighted by atomic mass is 16.5. The van der Waals surface area contributed by atoms with Gasteiger partial charge in [0, 0.05) is 11.3 Å². The van der Waals surface area contributed by atoms with Gasteiger partial charge in [-0.1, -0.05) is 36.4 Å². The van der Waals surface area contributed by atoms with Crippen LogP contribution >= 0.6 is 0 Å². The molecule has 0 unspecified atom stereocenters. The Morgan fingerprint density at radius 3 is 2.48 bits per heavy atom. The van der Waals surface area contributed by atoms with Crippen molar-refractivity contribution in [3.05, 3.63) is 84.4 Å². The first-order valence-electron chi connectivity index (χ1n) is 10.3. The first-order valence-corrected chi connectivity index (χ1v) is 10.3. The van der Waals surface area contributed by atoms with Crippen LogP contribution in [0.1, 0.15) is 17.3 Å². The van der Waals surface area contributed by atoms with Crippen LogP contribution in [0.3, 0.4) is 0 Å². The monoisotopic (exact) mass is 443 g/mol. The Morgan fingerprint density at radius 1 is 0.909 bits per heavy atom. The van der Waals surface area contributed by atoms with Crippen molar-refractivity contribution in [1.82, 2.24) is 10.2 Å². The number of nitrogens with one attached hydrogen (secondary N) is 1. The first-order chi connectivity index (χ1) is 16.1. The fraction of sp³-hybridized carbons (Fsp3) is 0.120. The standard InChI is InChI=1S/C25H21N3O5/c1-2-31-25(30)18-11-8-12-19(15-18)26-22(29)16-32-21-14-7-6-13-20(21)24-28-27-23(33-24)17-9-4-3-5-10-17/h3-15H,2,16H2,1H3,(H,26,29). The summed E-state index contributed by atoms with van der Waals surface area (Å²) < 4.78 is 16.5. The van der Waals surface area contributed by atoms with E-state index in [1.165, 1.54) is 0 Å². The molecule has 0 spiro atoms. The molecule has 1 amide bonds. The minimum Gasteiger partial charge on any atom is -0.483 e. The van der Waals surface area contributed by atoms with Crippen molar-refractivity contribution in [2.24, 2.45) is 0 Å². The van der Waals surface area contributed by atoms with E-state index in [4.69, 9.17) is 13.9 Å². The quantitative estimate of drug-likeness (QED) is 0.397. The van der Waals surface area contributed by atoms with E-state index in [2.05, 4.69) is 15.5 Å². The van der Waals surface area contributed by atoms with Gasteiger partial charge in [0.2, 0.25) is 5.89 Å². The molecule has 0 aliphatic carbocycles. The van der Waals surface area contributed by atoms with Crippen molar-refractivity contribution in [3.8, 4) is 28.7 Å². The third kappa shape index (κ3) is 5.43. The predicted molar refractivity (Wildman–Crippen MR) is 122 cm³/mol. The number of carbonyl (C=O) groups is 2. The zero-order valence-corrected chi connectivity index (χ0v) is 17.9. The summed E-state index contributed by atoms with van der Waals surface area (Å²) in [6, 6.07) is 23.0. The lowest BCUT2D eigenvalue weighted by Crippen LogP contribution is -2.20. The van der Waals surface area contributed by atoms with Gasteiger partial charge in [0.1, 0.15) is 5.75 Å². The molecular formula is C25H21N3O5. The molecule has 0 aliphatic rings. The summed E-state index contributed by atoms with van der Waals surface area (Å²) in [7, 11) is 0. The molecule has 0 bridgehead atoms.